The van der Waals surface area contributed by atoms with Crippen LogP contribution in [0.1, 0.15) is 5.56 Å². The molecular formula is C15H9FI2N4OS. The predicted molar refractivity (Wildman–Crippen MR) is 109 cm³/mol. The first-order chi connectivity index (χ1) is 11.5. The van der Waals surface area contributed by atoms with Gasteiger partial charge in [-0.1, -0.05) is 12.1 Å². The van der Waals surface area contributed by atoms with Gasteiger partial charge in [-0.05, 0) is 81.7 Å². The summed E-state index contributed by atoms with van der Waals surface area (Å²) in [4.78, 5) is 0. The van der Waals surface area contributed by atoms with Crippen LogP contribution in [-0.2, 0) is 0 Å². The van der Waals surface area contributed by atoms with E-state index in [4.69, 9.17) is 12.2 Å². The predicted octanol–water partition coefficient (Wildman–Crippen LogP) is 4.54. The summed E-state index contributed by atoms with van der Waals surface area (Å²) < 4.78 is 17.2. The van der Waals surface area contributed by atoms with Gasteiger partial charge >= 0.3 is 0 Å². The Morgan fingerprint density at radius 1 is 1.29 bits per heavy atom. The summed E-state index contributed by atoms with van der Waals surface area (Å²) in [5.74, 6) is -0.0361. The van der Waals surface area contributed by atoms with Crippen molar-refractivity contribution in [1.29, 1.82) is 0 Å². The summed E-state index contributed by atoms with van der Waals surface area (Å²) in [6.45, 7) is 0. The number of rotatable bonds is 3. The molecule has 0 saturated heterocycles. The molecule has 122 valence electrons. The second-order valence-corrected chi connectivity index (χ2v) is 7.51. The second-order valence-electron chi connectivity index (χ2n) is 4.71. The van der Waals surface area contributed by atoms with E-state index < -0.39 is 5.82 Å². The van der Waals surface area contributed by atoms with Gasteiger partial charge in [-0.2, -0.15) is 14.9 Å². The van der Waals surface area contributed by atoms with Crippen molar-refractivity contribution in [3.63, 3.8) is 0 Å². The zero-order chi connectivity index (χ0) is 17.3. The maximum Gasteiger partial charge on any atom is 0.216 e. The second kappa shape index (κ2) is 7.27. The first-order valence-electron chi connectivity index (χ1n) is 6.62. The molecule has 0 aliphatic carbocycles. The zero-order valence-electron chi connectivity index (χ0n) is 11.9. The van der Waals surface area contributed by atoms with Crippen LogP contribution < -0.4 is 0 Å². The first kappa shape index (κ1) is 17.5. The van der Waals surface area contributed by atoms with E-state index in [1.54, 1.807) is 24.3 Å². The minimum atomic E-state index is -0.422. The standard InChI is InChI=1S/C15H9FI2N4OS/c16-11-4-2-1-3-10(11)14-20-21-15(24)22(14)19-7-8-5-9(17)6-12(18)13(8)23/h1-7,23H,(H,21,24)/b19-7+. The summed E-state index contributed by atoms with van der Waals surface area (Å²) in [7, 11) is 0. The molecule has 0 radical (unpaired) electrons. The smallest absolute Gasteiger partial charge is 0.216 e. The van der Waals surface area contributed by atoms with Gasteiger partial charge in [-0.25, -0.2) is 9.49 Å². The third-order valence-corrected chi connectivity index (χ3v) is 4.84. The molecule has 3 rings (SSSR count). The van der Waals surface area contributed by atoms with Crippen molar-refractivity contribution in [3.05, 3.63) is 59.7 Å². The number of nitrogens with one attached hydrogen (secondary N) is 1. The Kier molecular flexibility index (Phi) is 5.30. The summed E-state index contributed by atoms with van der Waals surface area (Å²) in [5, 5.41) is 21.0. The Hall–Kier alpha value is -1.34. The van der Waals surface area contributed by atoms with Crippen LogP contribution in [0.25, 0.3) is 11.4 Å². The zero-order valence-corrected chi connectivity index (χ0v) is 17.0. The van der Waals surface area contributed by atoms with Gasteiger partial charge < -0.3 is 5.11 Å². The van der Waals surface area contributed by atoms with Gasteiger partial charge in [-0.3, -0.25) is 0 Å². The quantitative estimate of drug-likeness (QED) is 0.278. The van der Waals surface area contributed by atoms with Gasteiger partial charge in [0.1, 0.15) is 11.6 Å². The maximum atomic E-state index is 14.0. The number of hydrogen-bond donors (Lipinski definition) is 2. The summed E-state index contributed by atoms with van der Waals surface area (Å²) in [5.41, 5.74) is 0.817. The van der Waals surface area contributed by atoms with E-state index in [-0.39, 0.29) is 21.9 Å². The normalized spacial score (nSPS) is 11.3. The number of benzene rings is 2. The summed E-state index contributed by atoms with van der Waals surface area (Å²) in [6.07, 6.45) is 1.47. The van der Waals surface area contributed by atoms with E-state index in [0.29, 0.717) is 9.13 Å². The van der Waals surface area contributed by atoms with Crippen LogP contribution in [0.2, 0.25) is 0 Å². The summed E-state index contributed by atoms with van der Waals surface area (Å²) >= 11 is 9.36. The van der Waals surface area contributed by atoms with Gasteiger partial charge in [0.05, 0.1) is 15.3 Å². The van der Waals surface area contributed by atoms with Gasteiger partial charge in [-0.15, -0.1) is 0 Å². The van der Waals surface area contributed by atoms with E-state index in [0.717, 1.165) is 3.57 Å². The molecular weight excluding hydrogens is 557 g/mol. The molecule has 0 aliphatic heterocycles. The summed E-state index contributed by atoms with van der Waals surface area (Å²) in [6, 6.07) is 9.88. The number of hydrogen-bond acceptors (Lipinski definition) is 4. The van der Waals surface area contributed by atoms with Gasteiger partial charge in [0.15, 0.2) is 5.82 Å². The maximum absolute atomic E-state index is 14.0. The molecule has 0 aliphatic rings. The van der Waals surface area contributed by atoms with Gasteiger partial charge in [0.25, 0.3) is 0 Å². The van der Waals surface area contributed by atoms with Crippen molar-refractivity contribution in [2.24, 2.45) is 5.10 Å². The SMILES string of the molecule is Oc1c(I)cc(I)cc1/C=N/n1c(-c2ccccc2F)n[nH]c1=S. The lowest BCUT2D eigenvalue weighted by Crippen LogP contribution is -1.97. The lowest BCUT2D eigenvalue weighted by Gasteiger charge is -2.04. The molecule has 2 aromatic carbocycles. The molecule has 1 heterocycles. The Morgan fingerprint density at radius 2 is 2.04 bits per heavy atom. The van der Waals surface area contributed by atoms with Crippen LogP contribution in [0.3, 0.4) is 0 Å². The van der Waals surface area contributed by atoms with Crippen LogP contribution in [0.4, 0.5) is 4.39 Å². The number of phenols is 1. The molecule has 0 amide bonds. The largest absolute Gasteiger partial charge is 0.506 e. The van der Waals surface area contributed by atoms with Crippen LogP contribution in [-0.4, -0.2) is 26.2 Å². The minimum Gasteiger partial charge on any atom is -0.506 e. The number of aromatic nitrogens is 3. The van der Waals surface area contributed by atoms with E-state index in [1.165, 1.54) is 17.0 Å². The van der Waals surface area contributed by atoms with Crippen molar-refractivity contribution in [2.45, 2.75) is 0 Å². The molecule has 0 atom stereocenters. The molecule has 0 spiro atoms. The Morgan fingerprint density at radius 3 is 2.79 bits per heavy atom. The average Bonchev–Trinajstić information content (AvgIpc) is 2.90. The fourth-order valence-electron chi connectivity index (χ4n) is 2.02. The fourth-order valence-corrected chi connectivity index (χ4v) is 4.09. The Labute approximate surface area is 168 Å². The van der Waals surface area contributed by atoms with Crippen molar-refractivity contribution in [2.75, 3.05) is 0 Å². The van der Waals surface area contributed by atoms with Crippen LogP contribution >= 0.6 is 57.4 Å². The van der Waals surface area contributed by atoms with Crippen molar-refractivity contribution in [3.8, 4) is 17.1 Å². The highest BCUT2D eigenvalue weighted by Crippen LogP contribution is 2.26. The minimum absolute atomic E-state index is 0.127. The highest BCUT2D eigenvalue weighted by Gasteiger charge is 2.12. The Bertz CT molecular complexity index is 999. The van der Waals surface area contributed by atoms with E-state index in [1.807, 2.05) is 28.7 Å². The van der Waals surface area contributed by atoms with Crippen molar-refractivity contribution >= 4 is 63.6 Å². The molecule has 9 heteroatoms. The first-order valence-corrected chi connectivity index (χ1v) is 9.18. The molecule has 0 fully saturated rings. The number of nitrogens with zero attached hydrogens (tertiary/aromatic N) is 3. The van der Waals surface area contributed by atoms with Crippen LogP contribution in [0.15, 0.2) is 41.5 Å². The third kappa shape index (κ3) is 3.52. The Balaban J connectivity index is 2.08. The number of H-pyrrole nitrogens is 1. The lowest BCUT2D eigenvalue weighted by atomic mass is 10.2. The van der Waals surface area contributed by atoms with E-state index >= 15 is 0 Å². The monoisotopic (exact) mass is 566 g/mol. The number of halogens is 3. The highest BCUT2D eigenvalue weighted by atomic mass is 127. The van der Waals surface area contributed by atoms with Gasteiger partial charge in [0.2, 0.25) is 4.77 Å². The third-order valence-electron chi connectivity index (χ3n) is 3.14. The molecule has 0 saturated carbocycles. The lowest BCUT2D eigenvalue weighted by molar-refractivity contribution is 0.470. The van der Waals surface area contributed by atoms with Crippen molar-refractivity contribution in [1.82, 2.24) is 14.9 Å². The molecule has 1 aromatic heterocycles. The van der Waals surface area contributed by atoms with Crippen LogP contribution in [0, 0.1) is 17.7 Å². The fraction of sp³-hybridized carbons (Fsp3) is 0. The topological polar surface area (TPSA) is 66.2 Å². The number of phenolic OH excluding ortho intramolecular Hbond substituents is 1. The number of aromatic amines is 1. The molecule has 5 nitrogen and oxygen atoms in total. The molecule has 2 N–H and O–H groups in total. The van der Waals surface area contributed by atoms with Gasteiger partial charge in [0, 0.05) is 9.13 Å². The average molecular weight is 566 g/mol. The molecule has 0 bridgehead atoms. The van der Waals surface area contributed by atoms with Crippen LogP contribution in [0.5, 0.6) is 5.75 Å². The van der Waals surface area contributed by atoms with E-state index in [2.05, 4.69) is 37.9 Å². The molecule has 0 unspecified atom stereocenters. The van der Waals surface area contributed by atoms with Crippen molar-refractivity contribution < 1.29 is 9.50 Å². The van der Waals surface area contributed by atoms with E-state index in [9.17, 15) is 9.50 Å². The molecule has 24 heavy (non-hydrogen) atoms. The highest BCUT2D eigenvalue weighted by molar-refractivity contribution is 14.1. The number of aromatic hydroxyl groups is 1. The molecule has 3 aromatic rings.